The second kappa shape index (κ2) is 8.52. The van der Waals surface area contributed by atoms with E-state index in [0.717, 1.165) is 23.3 Å². The van der Waals surface area contributed by atoms with Crippen LogP contribution in [0, 0.1) is 5.92 Å². The van der Waals surface area contributed by atoms with Crippen molar-refractivity contribution in [3.8, 4) is 27.6 Å². The zero-order chi connectivity index (χ0) is 19.3. The summed E-state index contributed by atoms with van der Waals surface area (Å²) in [7, 11) is 0. The van der Waals surface area contributed by atoms with Gasteiger partial charge in [-0.3, -0.25) is 4.79 Å². The van der Waals surface area contributed by atoms with E-state index in [1.54, 1.807) is 41.8 Å². The van der Waals surface area contributed by atoms with E-state index in [4.69, 9.17) is 4.98 Å². The van der Waals surface area contributed by atoms with E-state index in [9.17, 15) is 9.90 Å². The average Bonchev–Trinajstić information content (AvgIpc) is 3.24. The van der Waals surface area contributed by atoms with Crippen LogP contribution in [0.4, 0.5) is 5.82 Å². The van der Waals surface area contributed by atoms with Crippen molar-refractivity contribution in [3.05, 3.63) is 48.0 Å². The molecule has 5 nitrogen and oxygen atoms in total. The molecule has 144 valence electrons. The van der Waals surface area contributed by atoms with Crippen molar-refractivity contribution in [2.24, 2.45) is 5.92 Å². The number of rotatable bonds is 5. The van der Waals surface area contributed by atoms with Crippen LogP contribution >= 0.6 is 11.3 Å². The maximum Gasteiger partial charge on any atom is 0.225 e. The number of benzene rings is 1. The molecule has 2 N–H and O–H groups in total. The number of phenolic OH excluding ortho intramolecular Hbond substituents is 1. The van der Waals surface area contributed by atoms with E-state index in [1.165, 1.54) is 19.3 Å². The summed E-state index contributed by atoms with van der Waals surface area (Å²) < 4.78 is 0. The molecule has 1 saturated carbocycles. The minimum absolute atomic E-state index is 0.0105. The lowest BCUT2D eigenvalue weighted by Gasteiger charge is -2.21. The van der Waals surface area contributed by atoms with E-state index >= 15 is 0 Å². The number of carbonyl (C=O) groups excluding carboxylic acids is 1. The first-order valence-electron chi connectivity index (χ1n) is 9.69. The summed E-state index contributed by atoms with van der Waals surface area (Å²) in [6, 6.07) is 10.8. The van der Waals surface area contributed by atoms with Gasteiger partial charge in [-0.25, -0.2) is 9.97 Å². The van der Waals surface area contributed by atoms with Gasteiger partial charge in [-0.15, -0.1) is 11.3 Å². The number of aromatic hydroxyl groups is 1. The number of thiophene rings is 1. The maximum absolute atomic E-state index is 12.6. The first kappa shape index (κ1) is 18.6. The highest BCUT2D eigenvalue weighted by Crippen LogP contribution is 2.32. The molecule has 1 aliphatic carbocycles. The number of carbonyl (C=O) groups is 1. The Labute approximate surface area is 168 Å². The molecule has 2 heterocycles. The summed E-state index contributed by atoms with van der Waals surface area (Å²) in [4.78, 5) is 22.8. The van der Waals surface area contributed by atoms with E-state index in [2.05, 4.69) is 10.3 Å². The van der Waals surface area contributed by atoms with Gasteiger partial charge in [-0.2, -0.15) is 0 Å². The Hall–Kier alpha value is -2.73. The molecule has 1 aliphatic rings. The van der Waals surface area contributed by atoms with Crippen LogP contribution in [0.1, 0.15) is 38.5 Å². The van der Waals surface area contributed by atoms with Gasteiger partial charge in [0.05, 0.1) is 16.8 Å². The Kier molecular flexibility index (Phi) is 5.67. The summed E-state index contributed by atoms with van der Waals surface area (Å²) in [6.07, 6.45) is 8.21. The van der Waals surface area contributed by atoms with Gasteiger partial charge in [0.2, 0.25) is 5.91 Å². The van der Waals surface area contributed by atoms with Crippen LogP contribution < -0.4 is 5.32 Å². The van der Waals surface area contributed by atoms with Crippen molar-refractivity contribution in [3.63, 3.8) is 0 Å². The van der Waals surface area contributed by atoms with Crippen molar-refractivity contribution in [1.29, 1.82) is 0 Å². The zero-order valence-electron chi connectivity index (χ0n) is 15.6. The van der Waals surface area contributed by atoms with Crippen molar-refractivity contribution in [1.82, 2.24) is 9.97 Å². The molecule has 6 heteroatoms. The van der Waals surface area contributed by atoms with Gasteiger partial charge in [0, 0.05) is 12.0 Å². The van der Waals surface area contributed by atoms with E-state index in [0.29, 0.717) is 29.5 Å². The summed E-state index contributed by atoms with van der Waals surface area (Å²) in [5.74, 6) is 1.20. The summed E-state index contributed by atoms with van der Waals surface area (Å²) in [5.41, 5.74) is 2.24. The zero-order valence-corrected chi connectivity index (χ0v) is 16.4. The molecular formula is C22H23N3O2S. The smallest absolute Gasteiger partial charge is 0.225 e. The monoisotopic (exact) mass is 393 g/mol. The van der Waals surface area contributed by atoms with E-state index in [-0.39, 0.29) is 11.7 Å². The summed E-state index contributed by atoms with van der Waals surface area (Å²) in [6.45, 7) is 0. The van der Waals surface area contributed by atoms with Gasteiger partial charge >= 0.3 is 0 Å². The Bertz CT molecular complexity index is 933. The second-order valence-corrected chi connectivity index (χ2v) is 8.18. The summed E-state index contributed by atoms with van der Waals surface area (Å²) >= 11 is 1.57. The maximum atomic E-state index is 12.6. The molecule has 4 rings (SSSR count). The highest BCUT2D eigenvalue weighted by molar-refractivity contribution is 7.13. The molecule has 0 spiro atoms. The van der Waals surface area contributed by atoms with Gasteiger partial charge in [-0.05, 0) is 54.5 Å². The van der Waals surface area contributed by atoms with Gasteiger partial charge < -0.3 is 10.4 Å². The normalized spacial score (nSPS) is 14.7. The van der Waals surface area contributed by atoms with Gasteiger partial charge in [0.25, 0.3) is 0 Å². The molecule has 0 aliphatic heterocycles. The van der Waals surface area contributed by atoms with Crippen LogP contribution in [0.3, 0.4) is 0 Å². The number of anilines is 1. The minimum Gasteiger partial charge on any atom is -0.508 e. The van der Waals surface area contributed by atoms with Crippen LogP contribution in [-0.4, -0.2) is 21.0 Å². The predicted molar refractivity (Wildman–Crippen MR) is 112 cm³/mol. The molecule has 0 unspecified atom stereocenters. The Morgan fingerprint density at radius 2 is 1.93 bits per heavy atom. The number of aromatic nitrogens is 2. The number of nitrogens with zero attached hydrogens (tertiary/aromatic N) is 2. The van der Waals surface area contributed by atoms with Gasteiger partial charge in [-0.1, -0.05) is 25.3 Å². The van der Waals surface area contributed by atoms with Gasteiger partial charge in [0.1, 0.15) is 11.4 Å². The summed E-state index contributed by atoms with van der Waals surface area (Å²) in [5, 5.41) is 14.5. The fourth-order valence-corrected chi connectivity index (χ4v) is 4.39. The van der Waals surface area contributed by atoms with Crippen LogP contribution in [0.25, 0.3) is 21.8 Å². The minimum atomic E-state index is 0.0105. The standard InChI is InChI=1S/C22H23N3O2S/c26-17-10-8-16(9-11-17)18-14-23-22(21(24-18)19-7-4-12-28-19)25-20(27)13-15-5-2-1-3-6-15/h4,7-12,14-15,26H,1-3,5-6,13H2,(H,23,25,27). The molecule has 0 radical (unpaired) electrons. The Balaban J connectivity index is 1.59. The van der Waals surface area contributed by atoms with Crippen LogP contribution in [-0.2, 0) is 4.79 Å². The molecule has 0 bridgehead atoms. The first-order chi connectivity index (χ1) is 13.7. The predicted octanol–water partition coefficient (Wildman–Crippen LogP) is 5.49. The number of hydrogen-bond acceptors (Lipinski definition) is 5. The van der Waals surface area contributed by atoms with Gasteiger partial charge in [0.15, 0.2) is 5.82 Å². The molecule has 3 aromatic rings. The largest absolute Gasteiger partial charge is 0.508 e. The lowest BCUT2D eigenvalue weighted by atomic mass is 9.87. The SMILES string of the molecule is O=C(CC1CCCCC1)Nc1ncc(-c2ccc(O)cc2)nc1-c1cccs1. The average molecular weight is 394 g/mol. The van der Waals surface area contributed by atoms with Crippen molar-refractivity contribution < 1.29 is 9.90 Å². The quantitative estimate of drug-likeness (QED) is 0.601. The molecule has 1 aromatic carbocycles. The van der Waals surface area contributed by atoms with E-state index in [1.807, 2.05) is 17.5 Å². The third-order valence-electron chi connectivity index (χ3n) is 5.15. The van der Waals surface area contributed by atoms with Crippen LogP contribution in [0.2, 0.25) is 0 Å². The third kappa shape index (κ3) is 4.39. The lowest BCUT2D eigenvalue weighted by Crippen LogP contribution is -2.19. The highest BCUT2D eigenvalue weighted by atomic mass is 32.1. The van der Waals surface area contributed by atoms with Crippen LogP contribution in [0.15, 0.2) is 48.0 Å². The molecule has 0 saturated heterocycles. The molecule has 1 fully saturated rings. The van der Waals surface area contributed by atoms with Crippen molar-refractivity contribution in [2.45, 2.75) is 38.5 Å². The molecule has 0 atom stereocenters. The first-order valence-corrected chi connectivity index (χ1v) is 10.6. The number of amides is 1. The van der Waals surface area contributed by atoms with E-state index < -0.39 is 0 Å². The Morgan fingerprint density at radius 1 is 1.14 bits per heavy atom. The molecule has 28 heavy (non-hydrogen) atoms. The third-order valence-corrected chi connectivity index (χ3v) is 6.02. The Morgan fingerprint density at radius 3 is 2.64 bits per heavy atom. The number of hydrogen-bond donors (Lipinski definition) is 2. The molecule has 1 amide bonds. The number of phenols is 1. The highest BCUT2D eigenvalue weighted by Gasteiger charge is 2.19. The fourth-order valence-electron chi connectivity index (χ4n) is 3.67. The fraction of sp³-hybridized carbons (Fsp3) is 0.318. The van der Waals surface area contributed by atoms with Crippen molar-refractivity contribution >= 4 is 23.1 Å². The molecule has 2 aromatic heterocycles. The topological polar surface area (TPSA) is 75.1 Å². The lowest BCUT2D eigenvalue weighted by molar-refractivity contribution is -0.117. The van der Waals surface area contributed by atoms with Crippen molar-refractivity contribution in [2.75, 3.05) is 5.32 Å². The molecular weight excluding hydrogens is 370 g/mol. The second-order valence-electron chi connectivity index (χ2n) is 7.23. The van der Waals surface area contributed by atoms with Crippen LogP contribution in [0.5, 0.6) is 5.75 Å². The number of nitrogens with one attached hydrogen (secondary N) is 1.